The molecule has 0 aromatic heterocycles. The van der Waals surface area contributed by atoms with Gasteiger partial charge >= 0.3 is 0 Å². The highest BCUT2D eigenvalue weighted by atomic mass is 79.9. The molecule has 0 amide bonds. The van der Waals surface area contributed by atoms with Crippen LogP contribution in [0.25, 0.3) is 0 Å². The molecule has 2 aromatic rings. The van der Waals surface area contributed by atoms with E-state index in [0.717, 1.165) is 16.2 Å². The molecule has 0 radical (unpaired) electrons. The largest absolute Gasteiger partial charge is 0.394 e. The molecule has 0 heterocycles. The molecule has 0 aliphatic carbocycles. The number of aliphatic hydroxyl groups excluding tert-OH is 1. The van der Waals surface area contributed by atoms with Crippen LogP contribution >= 0.6 is 15.9 Å². The molecule has 5 heteroatoms. The summed E-state index contributed by atoms with van der Waals surface area (Å²) in [5.41, 5.74) is 0.0991. The molecule has 0 aliphatic rings. The summed E-state index contributed by atoms with van der Waals surface area (Å²) in [4.78, 5) is 0. The predicted octanol–water partition coefficient (Wildman–Crippen LogP) is 4.05. The molecule has 0 fully saturated rings. The molecular weight excluding hydrogens is 328 g/mol. The first-order chi connectivity index (χ1) is 9.43. The summed E-state index contributed by atoms with van der Waals surface area (Å²) in [6.07, 6.45) is 0. The van der Waals surface area contributed by atoms with E-state index in [4.69, 9.17) is 0 Å². The van der Waals surface area contributed by atoms with Crippen LogP contribution in [-0.2, 0) is 5.54 Å². The van der Waals surface area contributed by atoms with Gasteiger partial charge in [-0.1, -0.05) is 22.0 Å². The van der Waals surface area contributed by atoms with Crippen molar-refractivity contribution in [2.24, 2.45) is 0 Å². The van der Waals surface area contributed by atoms with Crippen LogP contribution in [0.2, 0.25) is 0 Å². The number of aliphatic hydroxyl groups is 1. The zero-order valence-electron chi connectivity index (χ0n) is 10.8. The molecule has 0 bridgehead atoms. The van der Waals surface area contributed by atoms with Crippen molar-refractivity contribution in [1.82, 2.24) is 0 Å². The first-order valence-electron chi connectivity index (χ1n) is 6.04. The Balaban J connectivity index is 2.37. The first-order valence-corrected chi connectivity index (χ1v) is 6.83. The van der Waals surface area contributed by atoms with E-state index in [1.165, 1.54) is 12.1 Å². The molecule has 2 rings (SSSR count). The SMILES string of the molecule is CC(CO)(Nc1cccc(Br)c1)c1cc(F)cc(F)c1. The quantitative estimate of drug-likeness (QED) is 0.879. The minimum atomic E-state index is -0.982. The van der Waals surface area contributed by atoms with Crippen LogP contribution in [0.1, 0.15) is 12.5 Å². The fourth-order valence-corrected chi connectivity index (χ4v) is 2.36. The molecule has 20 heavy (non-hydrogen) atoms. The van der Waals surface area contributed by atoms with Gasteiger partial charge in [0.1, 0.15) is 11.6 Å². The lowest BCUT2D eigenvalue weighted by Crippen LogP contribution is -2.36. The van der Waals surface area contributed by atoms with Crippen molar-refractivity contribution in [3.63, 3.8) is 0 Å². The summed E-state index contributed by atoms with van der Waals surface area (Å²) in [6, 6.07) is 10.6. The Bertz CT molecular complexity index is 600. The van der Waals surface area contributed by atoms with E-state index >= 15 is 0 Å². The van der Waals surface area contributed by atoms with E-state index in [1.54, 1.807) is 6.92 Å². The number of anilines is 1. The smallest absolute Gasteiger partial charge is 0.126 e. The van der Waals surface area contributed by atoms with Crippen LogP contribution < -0.4 is 5.32 Å². The first kappa shape index (κ1) is 14.9. The van der Waals surface area contributed by atoms with E-state index in [0.29, 0.717) is 5.56 Å². The average Bonchev–Trinajstić information content (AvgIpc) is 2.37. The Morgan fingerprint density at radius 2 is 1.80 bits per heavy atom. The highest BCUT2D eigenvalue weighted by Crippen LogP contribution is 2.28. The number of rotatable bonds is 4. The Labute approximate surface area is 124 Å². The zero-order chi connectivity index (χ0) is 14.8. The van der Waals surface area contributed by atoms with E-state index in [2.05, 4.69) is 21.2 Å². The van der Waals surface area contributed by atoms with Crippen molar-refractivity contribution in [2.75, 3.05) is 11.9 Å². The minimum absolute atomic E-state index is 0.303. The highest BCUT2D eigenvalue weighted by molar-refractivity contribution is 9.10. The summed E-state index contributed by atoms with van der Waals surface area (Å²) < 4.78 is 27.6. The Morgan fingerprint density at radius 1 is 1.15 bits per heavy atom. The van der Waals surface area contributed by atoms with Crippen molar-refractivity contribution >= 4 is 21.6 Å². The molecule has 2 aromatic carbocycles. The van der Waals surface area contributed by atoms with Crippen molar-refractivity contribution < 1.29 is 13.9 Å². The third-order valence-corrected chi connectivity index (χ3v) is 3.55. The van der Waals surface area contributed by atoms with E-state index in [-0.39, 0.29) is 6.61 Å². The summed E-state index contributed by atoms with van der Waals surface area (Å²) in [7, 11) is 0. The van der Waals surface area contributed by atoms with Gasteiger partial charge in [-0.3, -0.25) is 0 Å². The maximum absolute atomic E-state index is 13.3. The molecule has 0 saturated heterocycles. The second-order valence-corrected chi connectivity index (χ2v) is 5.70. The molecule has 1 unspecified atom stereocenters. The van der Waals surface area contributed by atoms with Crippen molar-refractivity contribution in [3.8, 4) is 0 Å². The standard InChI is InChI=1S/C15H14BrF2NO/c1-15(9-20,10-5-12(17)8-13(18)6-10)19-14-4-2-3-11(16)7-14/h2-8,19-20H,9H2,1H3. The molecule has 106 valence electrons. The molecule has 2 nitrogen and oxygen atoms in total. The van der Waals surface area contributed by atoms with Gasteiger partial charge in [-0.25, -0.2) is 8.78 Å². The average molecular weight is 342 g/mol. The Morgan fingerprint density at radius 3 is 2.35 bits per heavy atom. The summed E-state index contributed by atoms with van der Waals surface area (Å²) in [5, 5.41) is 12.7. The lowest BCUT2D eigenvalue weighted by Gasteiger charge is -2.30. The monoisotopic (exact) mass is 341 g/mol. The van der Waals surface area contributed by atoms with Gasteiger partial charge in [0.05, 0.1) is 12.1 Å². The maximum atomic E-state index is 13.3. The number of halogens is 3. The summed E-state index contributed by atoms with van der Waals surface area (Å²) in [6.45, 7) is 1.38. The van der Waals surface area contributed by atoms with Gasteiger partial charge in [0, 0.05) is 16.2 Å². The molecule has 2 N–H and O–H groups in total. The maximum Gasteiger partial charge on any atom is 0.126 e. The Hall–Kier alpha value is -1.46. The van der Waals surface area contributed by atoms with E-state index in [1.807, 2.05) is 24.3 Å². The third-order valence-electron chi connectivity index (χ3n) is 3.06. The van der Waals surface area contributed by atoms with Gasteiger partial charge in [0.25, 0.3) is 0 Å². The number of benzene rings is 2. The number of nitrogens with one attached hydrogen (secondary N) is 1. The van der Waals surface area contributed by atoms with Crippen LogP contribution in [0.15, 0.2) is 46.9 Å². The lowest BCUT2D eigenvalue weighted by molar-refractivity contribution is 0.223. The molecule has 0 spiro atoms. The van der Waals surface area contributed by atoms with Crippen LogP contribution in [-0.4, -0.2) is 11.7 Å². The molecule has 0 saturated carbocycles. The molecule has 1 atom stereocenters. The topological polar surface area (TPSA) is 32.3 Å². The number of hydrogen-bond donors (Lipinski definition) is 2. The second kappa shape index (κ2) is 5.89. The van der Waals surface area contributed by atoms with Crippen LogP contribution in [0.4, 0.5) is 14.5 Å². The minimum Gasteiger partial charge on any atom is -0.394 e. The van der Waals surface area contributed by atoms with Gasteiger partial charge < -0.3 is 10.4 Å². The zero-order valence-corrected chi connectivity index (χ0v) is 12.4. The van der Waals surface area contributed by atoms with Gasteiger partial charge in [0.15, 0.2) is 0 Å². The summed E-state index contributed by atoms with van der Waals surface area (Å²) in [5.74, 6) is -1.34. The summed E-state index contributed by atoms with van der Waals surface area (Å²) >= 11 is 3.35. The van der Waals surface area contributed by atoms with E-state index in [9.17, 15) is 13.9 Å². The van der Waals surface area contributed by atoms with Gasteiger partial charge in [-0.2, -0.15) is 0 Å². The third kappa shape index (κ3) is 3.35. The van der Waals surface area contributed by atoms with Crippen molar-refractivity contribution in [2.45, 2.75) is 12.5 Å². The van der Waals surface area contributed by atoms with Gasteiger partial charge in [0.2, 0.25) is 0 Å². The van der Waals surface area contributed by atoms with Crippen molar-refractivity contribution in [1.29, 1.82) is 0 Å². The van der Waals surface area contributed by atoms with Crippen molar-refractivity contribution in [3.05, 3.63) is 64.1 Å². The Kier molecular flexibility index (Phi) is 4.40. The van der Waals surface area contributed by atoms with E-state index < -0.39 is 17.2 Å². The second-order valence-electron chi connectivity index (χ2n) is 4.78. The van der Waals surface area contributed by atoms with Crippen LogP contribution in [0, 0.1) is 11.6 Å². The number of hydrogen-bond acceptors (Lipinski definition) is 2. The molecular formula is C15H14BrF2NO. The fraction of sp³-hybridized carbons (Fsp3) is 0.200. The normalized spacial score (nSPS) is 13.8. The highest BCUT2D eigenvalue weighted by Gasteiger charge is 2.27. The van der Waals surface area contributed by atoms with Gasteiger partial charge in [-0.15, -0.1) is 0 Å². The van der Waals surface area contributed by atoms with Crippen LogP contribution in [0.5, 0.6) is 0 Å². The van der Waals surface area contributed by atoms with Gasteiger partial charge in [-0.05, 0) is 42.8 Å². The van der Waals surface area contributed by atoms with Crippen LogP contribution in [0.3, 0.4) is 0 Å². The molecule has 0 aliphatic heterocycles. The fourth-order valence-electron chi connectivity index (χ4n) is 1.96. The lowest BCUT2D eigenvalue weighted by atomic mass is 9.92. The predicted molar refractivity (Wildman–Crippen MR) is 78.6 cm³/mol.